The monoisotopic (exact) mass is 599 g/mol. The van der Waals surface area contributed by atoms with Crippen molar-refractivity contribution in [2.24, 2.45) is 17.8 Å². The largest absolute Gasteiger partial charge is 0.507 e. The van der Waals surface area contributed by atoms with E-state index in [-0.39, 0.29) is 70.8 Å². The second-order valence-corrected chi connectivity index (χ2v) is 10.8. The van der Waals surface area contributed by atoms with Gasteiger partial charge in [-0.3, -0.25) is 28.9 Å². The summed E-state index contributed by atoms with van der Waals surface area (Å²) in [6.07, 6.45) is 3.31. The number of phenolic OH excluding ortho intramolecular Hbond substituents is 1. The number of Topliss-reactive ketones (excluding diaryl/α,β-unsaturated/α-hetero) is 1. The number of carboxylic acid groups (broad SMARTS) is 1. The number of imide groups is 1. The van der Waals surface area contributed by atoms with Gasteiger partial charge >= 0.3 is 5.97 Å². The smallest absolute Gasteiger partial charge is 0.303 e. The molecule has 0 aromatic heterocycles. The number of carboxylic acids is 1. The van der Waals surface area contributed by atoms with E-state index in [2.05, 4.69) is 15.9 Å². The van der Waals surface area contributed by atoms with Crippen LogP contribution in [0.4, 0.5) is 0 Å². The van der Waals surface area contributed by atoms with Crippen LogP contribution in [-0.2, 0) is 24.0 Å². The maximum atomic E-state index is 13.6. The molecule has 0 unspecified atom stereocenters. The molecule has 3 aliphatic carbocycles. The molecular formula is C28H26BrNO9. The van der Waals surface area contributed by atoms with Crippen LogP contribution in [0.5, 0.6) is 17.2 Å². The van der Waals surface area contributed by atoms with Crippen molar-refractivity contribution >= 4 is 45.3 Å². The first kappa shape index (κ1) is 26.9. The molecule has 4 atom stereocenters. The molecule has 5 rings (SSSR count). The number of phenols is 1. The van der Waals surface area contributed by atoms with Gasteiger partial charge in [0.2, 0.25) is 11.8 Å². The van der Waals surface area contributed by atoms with Crippen molar-refractivity contribution in [1.82, 2.24) is 4.90 Å². The zero-order chi connectivity index (χ0) is 28.2. The zero-order valence-corrected chi connectivity index (χ0v) is 22.8. The number of halogens is 1. The number of methoxy groups -OCH3 is 2. The van der Waals surface area contributed by atoms with E-state index in [1.165, 1.54) is 26.4 Å². The average Bonchev–Trinajstić information content (AvgIpc) is 3.15. The van der Waals surface area contributed by atoms with Crippen molar-refractivity contribution in [3.8, 4) is 17.2 Å². The molecule has 11 heteroatoms. The number of aliphatic carboxylic acids is 1. The number of nitrogens with zero attached hydrogens (tertiary/aromatic N) is 1. The van der Waals surface area contributed by atoms with Crippen molar-refractivity contribution in [3.63, 3.8) is 0 Å². The van der Waals surface area contributed by atoms with E-state index in [1.807, 2.05) is 6.08 Å². The third kappa shape index (κ3) is 4.28. The Morgan fingerprint density at radius 1 is 1.10 bits per heavy atom. The Labute approximate surface area is 232 Å². The number of carbonyl (C=O) groups excluding carboxylic acids is 4. The maximum absolute atomic E-state index is 13.6. The van der Waals surface area contributed by atoms with Gasteiger partial charge in [0.15, 0.2) is 11.6 Å². The summed E-state index contributed by atoms with van der Waals surface area (Å²) in [7, 11) is 2.85. The van der Waals surface area contributed by atoms with Crippen LogP contribution in [0.15, 0.2) is 45.5 Å². The number of ether oxygens (including phenoxy) is 2. The minimum Gasteiger partial charge on any atom is -0.507 e. The molecule has 0 bridgehead atoms. The van der Waals surface area contributed by atoms with E-state index < -0.39 is 47.1 Å². The number of amides is 2. The van der Waals surface area contributed by atoms with Crippen molar-refractivity contribution < 1.29 is 43.7 Å². The van der Waals surface area contributed by atoms with Gasteiger partial charge in [-0.2, -0.15) is 0 Å². The molecule has 4 aliphatic rings. The first-order valence-corrected chi connectivity index (χ1v) is 13.3. The van der Waals surface area contributed by atoms with E-state index >= 15 is 0 Å². The van der Waals surface area contributed by atoms with Crippen LogP contribution in [0.2, 0.25) is 0 Å². The van der Waals surface area contributed by atoms with Crippen LogP contribution >= 0.6 is 15.9 Å². The topological polar surface area (TPSA) is 148 Å². The SMILES string of the molecule is COc1cc(O)c([C@H]2C3=CC[C@@H]4C(=O)N(CCCC(=O)O)C(=O)[C@@H]4[C@@H]3CC3=C2C(=O)C=C(Br)C3=O)c(OC)c1. The third-order valence-corrected chi connectivity index (χ3v) is 8.62. The lowest BCUT2D eigenvalue weighted by atomic mass is 9.59. The van der Waals surface area contributed by atoms with Gasteiger partial charge in [-0.05, 0) is 41.1 Å². The summed E-state index contributed by atoms with van der Waals surface area (Å²) in [5, 5.41) is 20.1. The highest BCUT2D eigenvalue weighted by Gasteiger charge is 2.56. The predicted octanol–water partition coefficient (Wildman–Crippen LogP) is 3.04. The normalized spacial score (nSPS) is 26.1. The molecule has 1 heterocycles. The second kappa shape index (κ2) is 10.1. The number of carbonyl (C=O) groups is 5. The van der Waals surface area contributed by atoms with Crippen molar-refractivity contribution in [2.45, 2.75) is 31.6 Å². The molecule has 10 nitrogen and oxygen atoms in total. The molecule has 1 aliphatic heterocycles. The molecule has 0 spiro atoms. The summed E-state index contributed by atoms with van der Waals surface area (Å²) in [5.74, 6) is -5.13. The van der Waals surface area contributed by atoms with Crippen LogP contribution in [-0.4, -0.2) is 65.2 Å². The first-order valence-electron chi connectivity index (χ1n) is 12.5. The molecule has 2 amide bonds. The number of allylic oxidation sites excluding steroid dienone is 6. The lowest BCUT2D eigenvalue weighted by Gasteiger charge is -2.42. The summed E-state index contributed by atoms with van der Waals surface area (Å²) < 4.78 is 10.9. The summed E-state index contributed by atoms with van der Waals surface area (Å²) in [6.45, 7) is -0.00477. The van der Waals surface area contributed by atoms with Gasteiger partial charge in [0.1, 0.15) is 17.2 Å². The number of ketones is 2. The van der Waals surface area contributed by atoms with E-state index in [0.717, 1.165) is 4.90 Å². The minimum atomic E-state index is -1.02. The summed E-state index contributed by atoms with van der Waals surface area (Å²) >= 11 is 3.18. The Morgan fingerprint density at radius 3 is 2.51 bits per heavy atom. The highest BCUT2D eigenvalue weighted by atomic mass is 79.9. The third-order valence-electron chi connectivity index (χ3n) is 8.03. The number of aromatic hydroxyl groups is 1. The molecule has 1 aromatic rings. The first-order chi connectivity index (χ1) is 18.6. The van der Waals surface area contributed by atoms with E-state index in [4.69, 9.17) is 14.6 Å². The van der Waals surface area contributed by atoms with Gasteiger partial charge in [-0.1, -0.05) is 11.6 Å². The van der Waals surface area contributed by atoms with Gasteiger partial charge in [0.25, 0.3) is 0 Å². The molecule has 2 N–H and O–H groups in total. The second-order valence-electron chi connectivity index (χ2n) is 9.98. The number of likely N-dealkylation sites (tertiary alicyclic amines) is 1. The van der Waals surface area contributed by atoms with Crippen LogP contribution in [0.1, 0.15) is 37.2 Å². The van der Waals surface area contributed by atoms with E-state index in [9.17, 15) is 29.1 Å². The lowest BCUT2D eigenvalue weighted by Crippen LogP contribution is -2.39. The Kier molecular flexibility index (Phi) is 6.96. The fourth-order valence-electron chi connectivity index (χ4n) is 6.38. The Balaban J connectivity index is 1.64. The van der Waals surface area contributed by atoms with Crippen LogP contribution in [0.3, 0.4) is 0 Å². The van der Waals surface area contributed by atoms with Crippen molar-refractivity contribution in [1.29, 1.82) is 0 Å². The summed E-state index contributed by atoms with van der Waals surface area (Å²) in [6, 6.07) is 2.96. The highest BCUT2D eigenvalue weighted by Crippen LogP contribution is 2.58. The Hall–Kier alpha value is -3.73. The highest BCUT2D eigenvalue weighted by molar-refractivity contribution is 9.12. The Bertz CT molecular complexity index is 1420. The quantitative estimate of drug-likeness (QED) is 0.274. The molecule has 1 saturated heterocycles. The zero-order valence-electron chi connectivity index (χ0n) is 21.2. The van der Waals surface area contributed by atoms with E-state index in [1.54, 1.807) is 6.07 Å². The number of rotatable bonds is 7. The Morgan fingerprint density at radius 2 is 1.85 bits per heavy atom. The van der Waals surface area contributed by atoms with Crippen LogP contribution < -0.4 is 9.47 Å². The summed E-state index contributed by atoms with van der Waals surface area (Å²) in [5.41, 5.74) is 1.36. The number of benzene rings is 1. The van der Waals surface area contributed by atoms with Gasteiger partial charge in [0.05, 0.1) is 30.5 Å². The van der Waals surface area contributed by atoms with E-state index in [0.29, 0.717) is 11.3 Å². The fourth-order valence-corrected chi connectivity index (χ4v) is 6.82. The number of hydrogen-bond donors (Lipinski definition) is 2. The molecule has 39 heavy (non-hydrogen) atoms. The van der Waals surface area contributed by atoms with Gasteiger partial charge < -0.3 is 19.7 Å². The predicted molar refractivity (Wildman–Crippen MR) is 139 cm³/mol. The molecule has 1 fully saturated rings. The van der Waals surface area contributed by atoms with Gasteiger partial charge in [-0.15, -0.1) is 0 Å². The molecule has 1 aromatic carbocycles. The van der Waals surface area contributed by atoms with Crippen LogP contribution in [0.25, 0.3) is 0 Å². The standard InChI is InChI=1S/C28H26BrNO9/c1-38-12-8-18(31)25(20(9-12)39-2)24-13-5-6-14-22(28(37)30(27(14)36)7-3-4-21(33)34)15(13)10-16-23(24)19(32)11-17(29)26(16)35/h5,8-9,11,14-15,22,24,31H,3-4,6-7,10H2,1-2H3,(H,33,34)/t14-,15+,22-,24-/m0/s1. The maximum Gasteiger partial charge on any atom is 0.303 e. The molecule has 0 radical (unpaired) electrons. The molecule has 0 saturated carbocycles. The van der Waals surface area contributed by atoms with Gasteiger partial charge in [-0.25, -0.2) is 0 Å². The van der Waals surface area contributed by atoms with Crippen LogP contribution in [0, 0.1) is 17.8 Å². The summed E-state index contributed by atoms with van der Waals surface area (Å²) in [4.78, 5) is 65.7. The fraction of sp³-hybridized carbons (Fsp3) is 0.393. The number of hydrogen-bond acceptors (Lipinski definition) is 8. The minimum absolute atomic E-state index is 0.00477. The molecule has 204 valence electrons. The van der Waals surface area contributed by atoms with Crippen molar-refractivity contribution in [2.75, 3.05) is 20.8 Å². The molecular weight excluding hydrogens is 574 g/mol. The number of fused-ring (bicyclic) bond motifs is 3. The average molecular weight is 600 g/mol. The lowest BCUT2D eigenvalue weighted by molar-refractivity contribution is -0.142. The van der Waals surface area contributed by atoms with Gasteiger partial charge in [0, 0.05) is 53.8 Å². The van der Waals surface area contributed by atoms with Crippen molar-refractivity contribution in [3.05, 3.63) is 51.0 Å².